The van der Waals surface area contributed by atoms with E-state index in [2.05, 4.69) is 15.3 Å². The normalized spacial score (nSPS) is 9.71. The monoisotopic (exact) mass is 205 g/mol. The minimum atomic E-state index is -0.140. The molecule has 0 saturated carbocycles. The Morgan fingerprint density at radius 2 is 2.07 bits per heavy atom. The Kier molecular flexibility index (Phi) is 2.51. The first-order valence-corrected chi connectivity index (χ1v) is 4.84. The molecule has 0 aromatic carbocycles. The molecule has 0 spiro atoms. The van der Waals surface area contributed by atoms with Crippen LogP contribution in [0.4, 0.5) is 5.69 Å². The summed E-state index contributed by atoms with van der Waals surface area (Å²) in [4.78, 5) is 19.8. The van der Waals surface area contributed by atoms with Gasteiger partial charge in [-0.15, -0.1) is 11.3 Å². The molecule has 0 radical (unpaired) electrons. The molecule has 0 saturated heterocycles. The fourth-order valence-corrected chi connectivity index (χ4v) is 1.47. The second-order valence-electron chi connectivity index (χ2n) is 2.56. The van der Waals surface area contributed by atoms with Crippen LogP contribution in [0, 0.1) is 0 Å². The minimum Gasteiger partial charge on any atom is -0.321 e. The van der Waals surface area contributed by atoms with Crippen molar-refractivity contribution in [2.45, 2.75) is 0 Å². The molecular weight excluding hydrogens is 198 g/mol. The maximum absolute atomic E-state index is 11.5. The van der Waals surface area contributed by atoms with E-state index in [0.29, 0.717) is 4.88 Å². The number of nitrogens with one attached hydrogen (secondary N) is 1. The molecule has 0 atom stereocenters. The van der Waals surface area contributed by atoms with Gasteiger partial charge in [-0.2, -0.15) is 0 Å². The van der Waals surface area contributed by atoms with Gasteiger partial charge in [0, 0.05) is 18.1 Å². The molecular formula is C9H7N3OS. The first kappa shape index (κ1) is 8.83. The van der Waals surface area contributed by atoms with Gasteiger partial charge in [0.15, 0.2) is 0 Å². The zero-order chi connectivity index (χ0) is 9.80. The third-order valence-electron chi connectivity index (χ3n) is 1.59. The predicted molar refractivity (Wildman–Crippen MR) is 54.3 cm³/mol. The molecule has 2 heterocycles. The zero-order valence-corrected chi connectivity index (χ0v) is 7.99. The smallest absolute Gasteiger partial charge is 0.267 e. The Labute approximate surface area is 84.6 Å². The number of nitrogens with zero attached hydrogens (tertiary/aromatic N) is 2. The van der Waals surface area contributed by atoms with E-state index < -0.39 is 0 Å². The third kappa shape index (κ3) is 1.94. The van der Waals surface area contributed by atoms with Gasteiger partial charge in [-0.25, -0.2) is 0 Å². The van der Waals surface area contributed by atoms with Crippen molar-refractivity contribution in [3.05, 3.63) is 41.1 Å². The van der Waals surface area contributed by atoms with Gasteiger partial charge in [0.1, 0.15) is 4.88 Å². The first-order valence-electron chi connectivity index (χ1n) is 3.96. The highest BCUT2D eigenvalue weighted by atomic mass is 32.1. The molecule has 0 aliphatic carbocycles. The molecule has 2 rings (SSSR count). The van der Waals surface area contributed by atoms with Gasteiger partial charge in [-0.1, -0.05) is 0 Å². The summed E-state index contributed by atoms with van der Waals surface area (Å²) >= 11 is 1.31. The highest BCUT2D eigenvalue weighted by Crippen LogP contribution is 2.10. The molecule has 0 aliphatic heterocycles. The summed E-state index contributed by atoms with van der Waals surface area (Å²) in [6.45, 7) is 0. The number of rotatable bonds is 2. The molecule has 5 heteroatoms. The largest absolute Gasteiger partial charge is 0.321 e. The van der Waals surface area contributed by atoms with Crippen molar-refractivity contribution in [1.82, 2.24) is 9.97 Å². The number of aromatic nitrogens is 2. The third-order valence-corrected chi connectivity index (χ3v) is 2.37. The Bertz CT molecular complexity index is 413. The number of carbonyl (C=O) groups is 1. The summed E-state index contributed by atoms with van der Waals surface area (Å²) in [5.74, 6) is -0.140. The molecule has 70 valence electrons. The molecule has 0 aliphatic rings. The molecule has 0 bridgehead atoms. The number of hydrogen-bond acceptors (Lipinski definition) is 4. The van der Waals surface area contributed by atoms with E-state index in [1.54, 1.807) is 36.2 Å². The van der Waals surface area contributed by atoms with Crippen LogP contribution in [-0.4, -0.2) is 15.9 Å². The molecule has 2 aromatic rings. The summed E-state index contributed by atoms with van der Waals surface area (Å²) in [7, 11) is 0. The van der Waals surface area contributed by atoms with Gasteiger partial charge in [0.2, 0.25) is 0 Å². The summed E-state index contributed by atoms with van der Waals surface area (Å²) in [5, 5.41) is 2.74. The molecule has 1 N–H and O–H groups in total. The fourth-order valence-electron chi connectivity index (χ4n) is 0.956. The van der Waals surface area contributed by atoms with Gasteiger partial charge in [0.05, 0.1) is 11.7 Å². The second-order valence-corrected chi connectivity index (χ2v) is 3.44. The van der Waals surface area contributed by atoms with E-state index >= 15 is 0 Å². The summed E-state index contributed by atoms with van der Waals surface area (Å²) in [6.07, 6.45) is 4.80. The van der Waals surface area contributed by atoms with Crippen LogP contribution < -0.4 is 5.32 Å². The number of anilines is 1. The van der Waals surface area contributed by atoms with E-state index in [1.807, 2.05) is 0 Å². The molecule has 2 aromatic heterocycles. The standard InChI is InChI=1S/C9H7N3OS/c13-9(8-5-11-6-14-8)12-7-1-3-10-4-2-7/h1-6H,(H,10,12,13). The van der Waals surface area contributed by atoms with Crippen LogP contribution in [-0.2, 0) is 0 Å². The van der Waals surface area contributed by atoms with Crippen molar-refractivity contribution in [3.63, 3.8) is 0 Å². The van der Waals surface area contributed by atoms with Gasteiger partial charge >= 0.3 is 0 Å². The Balaban J connectivity index is 2.10. The second kappa shape index (κ2) is 3.97. The molecule has 0 fully saturated rings. The first-order chi connectivity index (χ1) is 6.86. The minimum absolute atomic E-state index is 0.140. The maximum Gasteiger partial charge on any atom is 0.267 e. The number of amides is 1. The Morgan fingerprint density at radius 3 is 2.71 bits per heavy atom. The lowest BCUT2D eigenvalue weighted by Gasteiger charge is -2.00. The average Bonchev–Trinajstić information content (AvgIpc) is 2.72. The van der Waals surface area contributed by atoms with Crippen LogP contribution in [0.2, 0.25) is 0 Å². The Hall–Kier alpha value is -1.75. The van der Waals surface area contributed by atoms with E-state index in [4.69, 9.17) is 0 Å². The number of carbonyl (C=O) groups excluding carboxylic acids is 1. The lowest BCUT2D eigenvalue weighted by molar-refractivity contribution is 0.103. The lowest BCUT2D eigenvalue weighted by atomic mass is 10.4. The van der Waals surface area contributed by atoms with Gasteiger partial charge < -0.3 is 5.32 Å². The van der Waals surface area contributed by atoms with E-state index in [0.717, 1.165) is 5.69 Å². The van der Waals surface area contributed by atoms with E-state index in [-0.39, 0.29) is 5.91 Å². The fraction of sp³-hybridized carbons (Fsp3) is 0. The van der Waals surface area contributed by atoms with Crippen molar-refractivity contribution in [3.8, 4) is 0 Å². The summed E-state index contributed by atoms with van der Waals surface area (Å²) in [6, 6.07) is 3.47. The number of hydrogen-bond donors (Lipinski definition) is 1. The van der Waals surface area contributed by atoms with Crippen LogP contribution in [0.1, 0.15) is 9.67 Å². The Morgan fingerprint density at radius 1 is 1.29 bits per heavy atom. The van der Waals surface area contributed by atoms with Crippen LogP contribution in [0.5, 0.6) is 0 Å². The van der Waals surface area contributed by atoms with Crippen LogP contribution in [0.25, 0.3) is 0 Å². The average molecular weight is 205 g/mol. The van der Waals surface area contributed by atoms with Crippen molar-refractivity contribution in [2.24, 2.45) is 0 Å². The lowest BCUT2D eigenvalue weighted by Crippen LogP contribution is -2.09. The highest BCUT2D eigenvalue weighted by Gasteiger charge is 2.06. The van der Waals surface area contributed by atoms with Crippen molar-refractivity contribution in [2.75, 3.05) is 5.32 Å². The van der Waals surface area contributed by atoms with Crippen LogP contribution >= 0.6 is 11.3 Å². The van der Waals surface area contributed by atoms with Crippen molar-refractivity contribution in [1.29, 1.82) is 0 Å². The topological polar surface area (TPSA) is 54.9 Å². The summed E-state index contributed by atoms with van der Waals surface area (Å²) < 4.78 is 0. The van der Waals surface area contributed by atoms with Gasteiger partial charge in [-0.3, -0.25) is 14.8 Å². The molecule has 4 nitrogen and oxygen atoms in total. The quantitative estimate of drug-likeness (QED) is 0.813. The highest BCUT2D eigenvalue weighted by molar-refractivity contribution is 7.11. The van der Waals surface area contributed by atoms with Crippen LogP contribution in [0.15, 0.2) is 36.2 Å². The SMILES string of the molecule is O=C(Nc1ccncc1)c1cncs1. The summed E-state index contributed by atoms with van der Waals surface area (Å²) in [5.41, 5.74) is 2.36. The molecule has 1 amide bonds. The van der Waals surface area contributed by atoms with Crippen molar-refractivity contribution >= 4 is 22.9 Å². The van der Waals surface area contributed by atoms with Crippen molar-refractivity contribution < 1.29 is 4.79 Å². The molecule has 14 heavy (non-hydrogen) atoms. The zero-order valence-electron chi connectivity index (χ0n) is 7.18. The maximum atomic E-state index is 11.5. The molecule has 0 unspecified atom stereocenters. The van der Waals surface area contributed by atoms with Crippen LogP contribution in [0.3, 0.4) is 0 Å². The van der Waals surface area contributed by atoms with E-state index in [9.17, 15) is 4.79 Å². The van der Waals surface area contributed by atoms with Gasteiger partial charge in [-0.05, 0) is 12.1 Å². The van der Waals surface area contributed by atoms with Gasteiger partial charge in [0.25, 0.3) is 5.91 Å². The number of thiazole rings is 1. The number of pyridine rings is 1. The van der Waals surface area contributed by atoms with E-state index in [1.165, 1.54) is 11.3 Å². The predicted octanol–water partition coefficient (Wildman–Crippen LogP) is 1.79.